The zero-order valence-electron chi connectivity index (χ0n) is 4.72. The highest BCUT2D eigenvalue weighted by atomic mass is 16.6. The molecule has 0 radical (unpaired) electrons. The van der Waals surface area contributed by atoms with Crippen molar-refractivity contribution < 1.29 is 14.3 Å². The Hall–Kier alpha value is -0.770. The van der Waals surface area contributed by atoms with Gasteiger partial charge in [0, 0.05) is 7.11 Å². The minimum Gasteiger partial charge on any atom is -0.447 e. The molecule has 0 aromatic heterocycles. The summed E-state index contributed by atoms with van der Waals surface area (Å²) in [6, 6.07) is 0. The van der Waals surface area contributed by atoms with Gasteiger partial charge in [-0.15, -0.1) is 0 Å². The van der Waals surface area contributed by atoms with E-state index in [2.05, 4.69) is 15.2 Å². The molecule has 0 unspecified atom stereocenters. The molecule has 0 fully saturated rings. The molecule has 0 saturated carbocycles. The molecular weight excluding hydrogens is 110 g/mol. The van der Waals surface area contributed by atoms with Gasteiger partial charge in [0.05, 0.1) is 6.61 Å². The second-order valence-electron chi connectivity index (χ2n) is 1.16. The summed E-state index contributed by atoms with van der Waals surface area (Å²) in [7, 11) is 1.52. The van der Waals surface area contributed by atoms with Crippen LogP contribution in [0, 0.1) is 0 Å². The molecule has 0 saturated heterocycles. The topological polar surface area (TPSA) is 61.6 Å². The lowest BCUT2D eigenvalue weighted by Crippen LogP contribution is -2.15. The zero-order chi connectivity index (χ0) is 6.41. The molecule has 2 N–H and O–H groups in total. The fourth-order valence-electron chi connectivity index (χ4n) is 0.226. The second-order valence-corrected chi connectivity index (χ2v) is 1.16. The number of amides is 1. The minimum atomic E-state index is -0.762. The van der Waals surface area contributed by atoms with Crippen LogP contribution in [0.2, 0.25) is 0 Å². The molecule has 4 nitrogen and oxygen atoms in total. The number of carbonyl (C=O) groups is 1. The smallest absolute Gasteiger partial charge is 0.404 e. The van der Waals surface area contributed by atoms with Gasteiger partial charge in [-0.3, -0.25) is 0 Å². The van der Waals surface area contributed by atoms with Crippen molar-refractivity contribution in [1.82, 2.24) is 0 Å². The molecule has 0 aliphatic rings. The summed E-state index contributed by atoms with van der Waals surface area (Å²) >= 11 is 0. The predicted molar refractivity (Wildman–Crippen MR) is 27.4 cm³/mol. The van der Waals surface area contributed by atoms with Gasteiger partial charge in [0.2, 0.25) is 0 Å². The van der Waals surface area contributed by atoms with E-state index >= 15 is 0 Å². The van der Waals surface area contributed by atoms with E-state index < -0.39 is 6.09 Å². The van der Waals surface area contributed by atoms with Gasteiger partial charge < -0.3 is 15.2 Å². The van der Waals surface area contributed by atoms with Crippen molar-refractivity contribution in [1.29, 1.82) is 0 Å². The van der Waals surface area contributed by atoms with Crippen LogP contribution in [0.4, 0.5) is 4.79 Å². The van der Waals surface area contributed by atoms with Crippen molar-refractivity contribution in [2.24, 2.45) is 5.73 Å². The first-order valence-corrected chi connectivity index (χ1v) is 2.18. The molecule has 0 heterocycles. The summed E-state index contributed by atoms with van der Waals surface area (Å²) in [5.74, 6) is 0. The normalized spacial score (nSPS) is 8.62. The number of hydrogen-bond donors (Lipinski definition) is 1. The van der Waals surface area contributed by atoms with Crippen LogP contribution in [0.5, 0.6) is 0 Å². The maximum Gasteiger partial charge on any atom is 0.404 e. The molecule has 8 heavy (non-hydrogen) atoms. The molecule has 0 spiro atoms. The number of rotatable bonds is 3. The second kappa shape index (κ2) is 4.39. The highest BCUT2D eigenvalue weighted by Gasteiger charge is 1.88. The summed E-state index contributed by atoms with van der Waals surface area (Å²) < 4.78 is 8.86. The molecule has 0 atom stereocenters. The minimum absolute atomic E-state index is 0.228. The number of ether oxygens (including phenoxy) is 2. The highest BCUT2D eigenvalue weighted by molar-refractivity contribution is 5.64. The van der Waals surface area contributed by atoms with Crippen molar-refractivity contribution in [2.45, 2.75) is 0 Å². The van der Waals surface area contributed by atoms with Gasteiger partial charge in [0.1, 0.15) is 6.61 Å². The van der Waals surface area contributed by atoms with Crippen LogP contribution >= 0.6 is 0 Å². The molecule has 0 bridgehead atoms. The van der Waals surface area contributed by atoms with Crippen molar-refractivity contribution in [3.8, 4) is 0 Å². The lowest BCUT2D eigenvalue weighted by atomic mass is 10.8. The zero-order valence-corrected chi connectivity index (χ0v) is 4.72. The Kier molecular flexibility index (Phi) is 3.97. The summed E-state index contributed by atoms with van der Waals surface area (Å²) in [4.78, 5) is 9.82. The Morgan fingerprint density at radius 3 is 2.62 bits per heavy atom. The van der Waals surface area contributed by atoms with Gasteiger partial charge in [0.25, 0.3) is 0 Å². The predicted octanol–water partition coefficient (Wildman–Crippen LogP) is -0.272. The van der Waals surface area contributed by atoms with E-state index in [1.807, 2.05) is 0 Å². The largest absolute Gasteiger partial charge is 0.447 e. The fourth-order valence-corrected chi connectivity index (χ4v) is 0.226. The van der Waals surface area contributed by atoms with E-state index in [4.69, 9.17) is 0 Å². The molecule has 0 aromatic rings. The molecular formula is C4H9NO3. The summed E-state index contributed by atoms with van der Waals surface area (Å²) in [6.45, 7) is 0.620. The van der Waals surface area contributed by atoms with E-state index in [-0.39, 0.29) is 6.61 Å². The molecule has 4 heteroatoms. The van der Waals surface area contributed by atoms with E-state index in [1.165, 1.54) is 7.11 Å². The van der Waals surface area contributed by atoms with Crippen LogP contribution in [-0.2, 0) is 9.47 Å². The molecule has 0 aromatic carbocycles. The lowest BCUT2D eigenvalue weighted by Gasteiger charge is -1.96. The van der Waals surface area contributed by atoms with Gasteiger partial charge in [-0.25, -0.2) is 4.79 Å². The number of methoxy groups -OCH3 is 1. The van der Waals surface area contributed by atoms with Gasteiger partial charge in [-0.1, -0.05) is 0 Å². The molecule has 0 rings (SSSR count). The average Bonchev–Trinajstić information content (AvgIpc) is 1.66. The molecule has 0 aliphatic heterocycles. The molecule has 48 valence electrons. The van der Waals surface area contributed by atoms with Crippen LogP contribution in [0.1, 0.15) is 0 Å². The molecule has 1 amide bonds. The first-order valence-electron chi connectivity index (χ1n) is 2.18. The number of nitrogens with two attached hydrogens (primary N) is 1. The van der Waals surface area contributed by atoms with Crippen LogP contribution in [0.15, 0.2) is 0 Å². The number of carbonyl (C=O) groups excluding carboxylic acids is 1. The Balaban J connectivity index is 2.82. The van der Waals surface area contributed by atoms with Crippen LogP contribution in [0.3, 0.4) is 0 Å². The maximum absolute atomic E-state index is 9.82. The van der Waals surface area contributed by atoms with E-state index in [0.29, 0.717) is 6.61 Å². The van der Waals surface area contributed by atoms with Crippen molar-refractivity contribution in [2.75, 3.05) is 20.3 Å². The van der Waals surface area contributed by atoms with Gasteiger partial charge >= 0.3 is 6.09 Å². The summed E-state index contributed by atoms with van der Waals surface area (Å²) in [5.41, 5.74) is 4.62. The maximum atomic E-state index is 9.82. The van der Waals surface area contributed by atoms with E-state index in [0.717, 1.165) is 0 Å². The van der Waals surface area contributed by atoms with Gasteiger partial charge in [-0.2, -0.15) is 0 Å². The van der Waals surface area contributed by atoms with Crippen LogP contribution in [0.25, 0.3) is 0 Å². The van der Waals surface area contributed by atoms with Crippen molar-refractivity contribution in [3.05, 3.63) is 0 Å². The third kappa shape index (κ3) is 5.23. The monoisotopic (exact) mass is 119 g/mol. The van der Waals surface area contributed by atoms with Gasteiger partial charge in [-0.05, 0) is 0 Å². The first kappa shape index (κ1) is 7.23. The Morgan fingerprint density at radius 1 is 1.62 bits per heavy atom. The van der Waals surface area contributed by atoms with Crippen LogP contribution in [-0.4, -0.2) is 26.4 Å². The van der Waals surface area contributed by atoms with Crippen molar-refractivity contribution in [3.63, 3.8) is 0 Å². The number of primary amides is 1. The highest BCUT2D eigenvalue weighted by Crippen LogP contribution is 1.72. The fraction of sp³-hybridized carbons (Fsp3) is 0.750. The average molecular weight is 119 g/mol. The molecule has 0 aliphatic carbocycles. The standard InChI is InChI=1S/C4H9NO3/c1-7-2-3-8-4(5)6/h2-3H2,1H3,(H2,5,6). The SMILES string of the molecule is COCCOC(N)=O. The Bertz CT molecular complexity index is 73.7. The van der Waals surface area contributed by atoms with E-state index in [9.17, 15) is 4.79 Å². The Morgan fingerprint density at radius 2 is 2.25 bits per heavy atom. The van der Waals surface area contributed by atoms with Crippen LogP contribution < -0.4 is 5.73 Å². The first-order chi connectivity index (χ1) is 3.77. The lowest BCUT2D eigenvalue weighted by molar-refractivity contribution is 0.105. The van der Waals surface area contributed by atoms with Crippen molar-refractivity contribution >= 4 is 6.09 Å². The quantitative estimate of drug-likeness (QED) is 0.520. The third-order valence-electron chi connectivity index (χ3n) is 0.532. The number of hydrogen-bond acceptors (Lipinski definition) is 3. The summed E-state index contributed by atoms with van der Waals surface area (Å²) in [6.07, 6.45) is -0.762. The third-order valence-corrected chi connectivity index (χ3v) is 0.532. The Labute approximate surface area is 47.6 Å². The summed E-state index contributed by atoms with van der Waals surface area (Å²) in [5, 5.41) is 0. The van der Waals surface area contributed by atoms with E-state index in [1.54, 1.807) is 0 Å². The van der Waals surface area contributed by atoms with Gasteiger partial charge in [0.15, 0.2) is 0 Å².